The Bertz CT molecular complexity index is 440. The Morgan fingerprint density at radius 1 is 1.21 bits per heavy atom. The van der Waals surface area contributed by atoms with E-state index in [0.717, 1.165) is 12.8 Å². The second-order valence-corrected chi connectivity index (χ2v) is 4.95. The van der Waals surface area contributed by atoms with Crippen molar-refractivity contribution in [1.29, 1.82) is 0 Å². The molecule has 0 atom stereocenters. The van der Waals surface area contributed by atoms with Crippen LogP contribution in [0.15, 0.2) is 18.2 Å². The van der Waals surface area contributed by atoms with Crippen LogP contribution in [0.5, 0.6) is 5.75 Å². The van der Waals surface area contributed by atoms with Crippen molar-refractivity contribution >= 4 is 11.4 Å². The molecule has 1 saturated carbocycles. The Kier molecular flexibility index (Phi) is 4.60. The third-order valence-electron chi connectivity index (χ3n) is 3.50. The minimum absolute atomic E-state index is 0.0653. The predicted molar refractivity (Wildman–Crippen MR) is 74.8 cm³/mol. The zero-order chi connectivity index (χ0) is 13.7. The number of nitro groups is 1. The molecule has 0 aliphatic heterocycles. The number of rotatable bonds is 4. The number of nitrogens with zero attached hydrogens (tertiary/aromatic N) is 1. The summed E-state index contributed by atoms with van der Waals surface area (Å²) in [4.78, 5) is 10.5. The van der Waals surface area contributed by atoms with Gasteiger partial charge in [-0.2, -0.15) is 0 Å². The first-order chi connectivity index (χ1) is 9.19. The van der Waals surface area contributed by atoms with Gasteiger partial charge in [-0.1, -0.05) is 12.8 Å². The summed E-state index contributed by atoms with van der Waals surface area (Å²) >= 11 is 0. The van der Waals surface area contributed by atoms with E-state index in [1.54, 1.807) is 7.05 Å². The molecule has 0 saturated heterocycles. The van der Waals surface area contributed by atoms with Crippen molar-refractivity contribution in [2.75, 3.05) is 12.4 Å². The molecule has 0 bridgehead atoms. The van der Waals surface area contributed by atoms with Gasteiger partial charge >= 0.3 is 0 Å². The van der Waals surface area contributed by atoms with Crippen molar-refractivity contribution in [2.24, 2.45) is 0 Å². The highest BCUT2D eigenvalue weighted by atomic mass is 16.6. The number of anilines is 1. The van der Waals surface area contributed by atoms with E-state index < -0.39 is 0 Å². The van der Waals surface area contributed by atoms with Gasteiger partial charge in [0.15, 0.2) is 0 Å². The Hall–Kier alpha value is -1.78. The van der Waals surface area contributed by atoms with Gasteiger partial charge < -0.3 is 10.1 Å². The average molecular weight is 264 g/mol. The fourth-order valence-corrected chi connectivity index (χ4v) is 2.45. The van der Waals surface area contributed by atoms with E-state index in [-0.39, 0.29) is 16.7 Å². The average Bonchev–Trinajstić information content (AvgIpc) is 2.67. The van der Waals surface area contributed by atoms with E-state index in [1.807, 2.05) is 6.07 Å². The fourth-order valence-electron chi connectivity index (χ4n) is 2.45. The highest BCUT2D eigenvalue weighted by Crippen LogP contribution is 2.29. The molecule has 0 radical (unpaired) electrons. The summed E-state index contributed by atoms with van der Waals surface area (Å²) < 4.78 is 5.92. The molecule has 5 heteroatoms. The molecule has 5 nitrogen and oxygen atoms in total. The standard InChI is InChI=1S/C14H20N2O3/c1-15-11-8-12(16(17)18)10-14(9-11)19-13-6-4-2-3-5-7-13/h8-10,13,15H,2-7H2,1H3. The molecular formula is C14H20N2O3. The summed E-state index contributed by atoms with van der Waals surface area (Å²) in [5, 5.41) is 13.8. The van der Waals surface area contributed by atoms with Crippen molar-refractivity contribution in [1.82, 2.24) is 0 Å². The van der Waals surface area contributed by atoms with Crippen LogP contribution >= 0.6 is 0 Å². The Morgan fingerprint density at radius 3 is 2.47 bits per heavy atom. The SMILES string of the molecule is CNc1cc(OC2CCCCCC2)cc([N+](=O)[O-])c1. The third kappa shape index (κ3) is 3.84. The van der Waals surface area contributed by atoms with Gasteiger partial charge in [-0.3, -0.25) is 10.1 Å². The minimum atomic E-state index is -0.388. The Labute approximate surface area is 113 Å². The number of nitro benzene ring substituents is 1. The normalized spacial score (nSPS) is 16.7. The maximum atomic E-state index is 10.9. The first-order valence-electron chi connectivity index (χ1n) is 6.83. The van der Waals surface area contributed by atoms with Gasteiger partial charge in [0.2, 0.25) is 0 Å². The molecule has 104 valence electrons. The molecular weight excluding hydrogens is 244 g/mol. The Morgan fingerprint density at radius 2 is 1.89 bits per heavy atom. The van der Waals surface area contributed by atoms with Gasteiger partial charge in [-0.15, -0.1) is 0 Å². The predicted octanol–water partition coefficient (Wildman–Crippen LogP) is 3.74. The van der Waals surface area contributed by atoms with E-state index >= 15 is 0 Å². The van der Waals surface area contributed by atoms with Crippen molar-refractivity contribution in [3.8, 4) is 5.75 Å². The second kappa shape index (κ2) is 6.41. The van der Waals surface area contributed by atoms with Crippen molar-refractivity contribution in [2.45, 2.75) is 44.6 Å². The van der Waals surface area contributed by atoms with Crippen LogP contribution in [-0.4, -0.2) is 18.1 Å². The molecule has 0 spiro atoms. The van der Waals surface area contributed by atoms with Crippen LogP contribution in [0.3, 0.4) is 0 Å². The number of nitrogens with one attached hydrogen (secondary N) is 1. The smallest absolute Gasteiger partial charge is 0.275 e. The zero-order valence-corrected chi connectivity index (χ0v) is 11.2. The molecule has 1 aliphatic carbocycles. The summed E-state index contributed by atoms with van der Waals surface area (Å²) in [5.41, 5.74) is 0.772. The molecule has 0 aromatic heterocycles. The number of benzene rings is 1. The van der Waals surface area contributed by atoms with E-state index in [4.69, 9.17) is 4.74 Å². The lowest BCUT2D eigenvalue weighted by Gasteiger charge is -2.17. The van der Waals surface area contributed by atoms with Crippen molar-refractivity contribution < 1.29 is 9.66 Å². The fraction of sp³-hybridized carbons (Fsp3) is 0.571. The number of hydrogen-bond donors (Lipinski definition) is 1. The van der Waals surface area contributed by atoms with Gasteiger partial charge in [0.1, 0.15) is 5.75 Å². The second-order valence-electron chi connectivity index (χ2n) is 4.95. The highest BCUT2D eigenvalue weighted by molar-refractivity contribution is 5.56. The number of ether oxygens (including phenoxy) is 1. The zero-order valence-electron chi connectivity index (χ0n) is 11.2. The van der Waals surface area contributed by atoms with Gasteiger partial charge in [-0.25, -0.2) is 0 Å². The molecule has 1 aromatic rings. The van der Waals surface area contributed by atoms with Crippen LogP contribution in [0.2, 0.25) is 0 Å². The third-order valence-corrected chi connectivity index (χ3v) is 3.50. The monoisotopic (exact) mass is 264 g/mol. The highest BCUT2D eigenvalue weighted by Gasteiger charge is 2.16. The van der Waals surface area contributed by atoms with Gasteiger partial charge in [0, 0.05) is 24.9 Å². The van der Waals surface area contributed by atoms with E-state index in [2.05, 4.69) is 5.32 Å². The summed E-state index contributed by atoms with van der Waals surface area (Å²) in [6, 6.07) is 4.84. The maximum absolute atomic E-state index is 10.9. The first-order valence-corrected chi connectivity index (χ1v) is 6.83. The van der Waals surface area contributed by atoms with Gasteiger partial charge in [-0.05, 0) is 25.7 Å². The molecule has 1 fully saturated rings. The molecule has 2 rings (SSSR count). The molecule has 0 amide bonds. The minimum Gasteiger partial charge on any atom is -0.490 e. The lowest BCUT2D eigenvalue weighted by Crippen LogP contribution is -2.15. The molecule has 0 unspecified atom stereocenters. The van der Waals surface area contributed by atoms with Gasteiger partial charge in [0.25, 0.3) is 5.69 Å². The van der Waals surface area contributed by atoms with Crippen LogP contribution in [-0.2, 0) is 0 Å². The van der Waals surface area contributed by atoms with Crippen molar-refractivity contribution in [3.05, 3.63) is 28.3 Å². The van der Waals surface area contributed by atoms with Crippen LogP contribution in [0.1, 0.15) is 38.5 Å². The van der Waals surface area contributed by atoms with Gasteiger partial charge in [0.05, 0.1) is 17.1 Å². The first kappa shape index (κ1) is 13.6. The summed E-state index contributed by atoms with van der Waals surface area (Å²) in [5.74, 6) is 0.588. The molecule has 1 N–H and O–H groups in total. The van der Waals surface area contributed by atoms with Crippen LogP contribution < -0.4 is 10.1 Å². The molecule has 1 aliphatic rings. The van der Waals surface area contributed by atoms with Crippen LogP contribution in [0.25, 0.3) is 0 Å². The largest absolute Gasteiger partial charge is 0.490 e. The maximum Gasteiger partial charge on any atom is 0.275 e. The summed E-state index contributed by atoms with van der Waals surface area (Å²) in [7, 11) is 1.74. The van der Waals surface area contributed by atoms with E-state index in [9.17, 15) is 10.1 Å². The molecule has 19 heavy (non-hydrogen) atoms. The van der Waals surface area contributed by atoms with Crippen LogP contribution in [0, 0.1) is 10.1 Å². The topological polar surface area (TPSA) is 64.4 Å². The number of hydrogen-bond acceptors (Lipinski definition) is 4. The Balaban J connectivity index is 2.13. The van der Waals surface area contributed by atoms with E-state index in [1.165, 1.54) is 37.8 Å². The quantitative estimate of drug-likeness (QED) is 0.511. The summed E-state index contributed by atoms with van der Waals surface area (Å²) in [6.45, 7) is 0. The van der Waals surface area contributed by atoms with Crippen molar-refractivity contribution in [3.63, 3.8) is 0 Å². The van der Waals surface area contributed by atoms with E-state index in [0.29, 0.717) is 11.4 Å². The number of non-ortho nitro benzene ring substituents is 1. The lowest BCUT2D eigenvalue weighted by atomic mass is 10.1. The molecule has 1 aromatic carbocycles. The summed E-state index contributed by atoms with van der Waals surface area (Å²) in [6.07, 6.45) is 7.15. The van der Waals surface area contributed by atoms with Crippen LogP contribution in [0.4, 0.5) is 11.4 Å². The molecule has 0 heterocycles. The lowest BCUT2D eigenvalue weighted by molar-refractivity contribution is -0.384.